The molecule has 0 aliphatic carbocycles. The fraction of sp³-hybridized carbons (Fsp3) is 0.706. The van der Waals surface area contributed by atoms with Gasteiger partial charge in [0.2, 0.25) is 0 Å². The van der Waals surface area contributed by atoms with Gasteiger partial charge in [-0.25, -0.2) is 15.0 Å². The summed E-state index contributed by atoms with van der Waals surface area (Å²) in [7, 11) is -10.0. The Morgan fingerprint density at radius 3 is 2.29 bits per heavy atom. The first kappa shape index (κ1) is 29.3. The van der Waals surface area contributed by atoms with Gasteiger partial charge >= 0.3 is 15.2 Å². The van der Waals surface area contributed by atoms with Crippen molar-refractivity contribution in [1.82, 2.24) is 19.5 Å². The van der Waals surface area contributed by atoms with Gasteiger partial charge in [0.05, 0.1) is 19.5 Å². The van der Waals surface area contributed by atoms with Crippen LogP contribution in [0.5, 0.6) is 0 Å². The molecule has 4 heterocycles. The Balaban J connectivity index is 1.38. The Bertz CT molecular complexity index is 1230. The van der Waals surface area contributed by atoms with Crippen molar-refractivity contribution >= 4 is 32.2 Å². The van der Waals surface area contributed by atoms with E-state index in [1.54, 1.807) is 0 Å². The van der Waals surface area contributed by atoms with Crippen molar-refractivity contribution < 1.29 is 68.1 Å². The maximum absolute atomic E-state index is 12.5. The summed E-state index contributed by atoms with van der Waals surface area (Å²) < 4.78 is 46.3. The van der Waals surface area contributed by atoms with Gasteiger partial charge < -0.3 is 60.2 Å². The second kappa shape index (κ2) is 11.1. The third-order valence-electron chi connectivity index (χ3n) is 5.91. The third-order valence-corrected chi connectivity index (χ3v) is 9.86. The van der Waals surface area contributed by atoms with E-state index in [2.05, 4.69) is 15.0 Å². The lowest BCUT2D eigenvalue weighted by Gasteiger charge is -2.39. The van der Waals surface area contributed by atoms with E-state index >= 15 is 0 Å². The molecule has 0 aromatic carbocycles. The largest absolute Gasteiger partial charge is 0.394 e. The molecule has 11 atom stereocenters. The number of fused-ring (bicyclic) bond motifs is 1. The number of nitrogen functional groups attached to an aromatic ring is 1. The molecule has 0 spiro atoms. The highest BCUT2D eigenvalue weighted by Crippen LogP contribution is 2.59. The van der Waals surface area contributed by atoms with Gasteiger partial charge in [0.1, 0.15) is 54.6 Å². The predicted molar refractivity (Wildman–Crippen MR) is 121 cm³/mol. The summed E-state index contributed by atoms with van der Waals surface area (Å²) in [5.41, 5.74) is 6.11. The molecule has 0 bridgehead atoms. The van der Waals surface area contributed by atoms with E-state index in [4.69, 9.17) is 24.3 Å². The van der Waals surface area contributed by atoms with E-state index in [0.717, 1.165) is 6.33 Å². The molecule has 38 heavy (non-hydrogen) atoms. The molecule has 2 aromatic heterocycles. The van der Waals surface area contributed by atoms with E-state index in [1.165, 1.54) is 10.9 Å². The van der Waals surface area contributed by atoms with Gasteiger partial charge in [0.15, 0.2) is 29.9 Å². The standard InChI is InChI=1S/C17H27N5O14P2/c18-14-8-15(20-3-19-14)22(4-21-8)16-12(27)10(25)7(34-16)2-33-37(29,30)5-38(31,32)36-17-13(28)11(26)9(24)6(1-23)35-17/h3-4,6-7,9-13,16-17,23-28H,1-2,5H2,(H,29,30)(H,31,32)(H2,18,19,20)/t6?,7-,9-,10+,11+,12?,13?,16-,17?/m1/s1. The summed E-state index contributed by atoms with van der Waals surface area (Å²) in [6, 6.07) is 0. The number of hydrogen-bond acceptors (Lipinski definition) is 16. The second-order valence-electron chi connectivity index (χ2n) is 8.64. The Labute approximate surface area is 213 Å². The molecule has 2 fully saturated rings. The van der Waals surface area contributed by atoms with Crippen LogP contribution >= 0.6 is 15.2 Å². The minimum Gasteiger partial charge on any atom is -0.394 e. The van der Waals surface area contributed by atoms with Gasteiger partial charge in [-0.2, -0.15) is 0 Å². The number of aliphatic hydroxyl groups excluding tert-OH is 6. The molecular formula is C17H27N5O14P2. The molecule has 2 saturated heterocycles. The molecule has 0 saturated carbocycles. The maximum atomic E-state index is 12.5. The highest BCUT2D eigenvalue weighted by atomic mass is 31.2. The van der Waals surface area contributed by atoms with Crippen LogP contribution in [-0.4, -0.2) is 128 Å². The average Bonchev–Trinajstić information content (AvgIpc) is 3.39. The normalized spacial score (nSPS) is 37.2. The zero-order valence-electron chi connectivity index (χ0n) is 19.3. The molecule has 2 aromatic rings. The van der Waals surface area contributed by atoms with E-state index < -0.39 is 89.6 Å². The lowest BCUT2D eigenvalue weighted by molar-refractivity contribution is -0.278. The molecule has 4 rings (SSSR count). The van der Waals surface area contributed by atoms with Gasteiger partial charge in [-0.05, 0) is 0 Å². The topological polar surface area (TPSA) is 303 Å². The number of hydrogen-bond donors (Lipinski definition) is 9. The number of imidazole rings is 1. The van der Waals surface area contributed by atoms with Crippen LogP contribution in [0.2, 0.25) is 0 Å². The monoisotopic (exact) mass is 587 g/mol. The number of nitrogens with zero attached hydrogens (tertiary/aromatic N) is 4. The summed E-state index contributed by atoms with van der Waals surface area (Å²) in [5.74, 6) is -1.45. The number of rotatable bonds is 9. The Kier molecular flexibility index (Phi) is 8.54. The lowest BCUT2D eigenvalue weighted by Crippen LogP contribution is -2.58. The summed E-state index contributed by atoms with van der Waals surface area (Å²) in [6.45, 7) is -1.65. The molecule has 2 aliphatic rings. The number of anilines is 1. The van der Waals surface area contributed by atoms with E-state index in [0.29, 0.717) is 0 Å². The van der Waals surface area contributed by atoms with Crippen molar-refractivity contribution in [2.75, 3.05) is 24.9 Å². The summed E-state index contributed by atoms with van der Waals surface area (Å²) in [4.78, 5) is 32.0. The van der Waals surface area contributed by atoms with Gasteiger partial charge in [-0.3, -0.25) is 18.2 Å². The quantitative estimate of drug-likeness (QED) is 0.127. The number of nitrogens with two attached hydrogens (primary N) is 1. The minimum absolute atomic E-state index is 0.0576. The van der Waals surface area contributed by atoms with Gasteiger partial charge in [-0.1, -0.05) is 0 Å². The van der Waals surface area contributed by atoms with E-state index in [-0.39, 0.29) is 17.0 Å². The molecule has 19 nitrogen and oxygen atoms in total. The number of ether oxygens (including phenoxy) is 2. The lowest BCUT2D eigenvalue weighted by atomic mass is 10.00. The molecule has 0 amide bonds. The highest BCUT2D eigenvalue weighted by molar-refractivity contribution is 7.70. The summed E-state index contributed by atoms with van der Waals surface area (Å²) >= 11 is 0. The van der Waals surface area contributed by atoms with Crippen molar-refractivity contribution in [2.24, 2.45) is 0 Å². The number of aromatic nitrogens is 4. The van der Waals surface area contributed by atoms with Crippen LogP contribution in [0.15, 0.2) is 12.7 Å². The van der Waals surface area contributed by atoms with Crippen molar-refractivity contribution in [3.63, 3.8) is 0 Å². The van der Waals surface area contributed by atoms with Crippen LogP contribution in [0.1, 0.15) is 6.23 Å². The second-order valence-corrected chi connectivity index (χ2v) is 12.8. The Morgan fingerprint density at radius 2 is 1.61 bits per heavy atom. The first-order chi connectivity index (χ1) is 17.7. The van der Waals surface area contributed by atoms with Crippen molar-refractivity contribution in [2.45, 2.75) is 55.2 Å². The minimum atomic E-state index is -5.06. The van der Waals surface area contributed by atoms with Gasteiger partial charge in [-0.15, -0.1) is 0 Å². The Hall–Kier alpha value is -1.67. The van der Waals surface area contributed by atoms with Gasteiger partial charge in [0, 0.05) is 0 Å². The van der Waals surface area contributed by atoms with Crippen LogP contribution < -0.4 is 5.73 Å². The van der Waals surface area contributed by atoms with Crippen LogP contribution in [0.4, 0.5) is 5.82 Å². The fourth-order valence-corrected chi connectivity index (χ4v) is 7.24. The van der Waals surface area contributed by atoms with Crippen LogP contribution in [0.25, 0.3) is 11.2 Å². The Morgan fingerprint density at radius 1 is 0.921 bits per heavy atom. The average molecular weight is 587 g/mol. The zero-order valence-corrected chi connectivity index (χ0v) is 21.0. The number of aliphatic hydroxyl groups is 6. The fourth-order valence-electron chi connectivity index (χ4n) is 3.96. The van der Waals surface area contributed by atoms with Crippen LogP contribution in [-0.2, 0) is 27.7 Å². The van der Waals surface area contributed by atoms with Crippen molar-refractivity contribution in [1.29, 1.82) is 0 Å². The van der Waals surface area contributed by atoms with E-state index in [1.807, 2.05) is 0 Å². The first-order valence-corrected chi connectivity index (χ1v) is 14.5. The summed E-state index contributed by atoms with van der Waals surface area (Å²) in [5, 5.41) is 59.5. The first-order valence-electron chi connectivity index (χ1n) is 11.0. The molecular weight excluding hydrogens is 560 g/mol. The summed E-state index contributed by atoms with van der Waals surface area (Å²) in [6.07, 6.45) is -12.6. The molecule has 0 radical (unpaired) electrons. The highest BCUT2D eigenvalue weighted by Gasteiger charge is 2.49. The van der Waals surface area contributed by atoms with Gasteiger partial charge in [0.25, 0.3) is 0 Å². The zero-order chi connectivity index (χ0) is 28.0. The SMILES string of the molecule is Nc1ncnc2c1ncn2[C@@H]1O[C@H](COP(=O)(O)CP(=O)(O)OC2OC(CO)[C@@H](O)[C@H](O)C2O)[C@H](O)C1O. The molecule has 21 heteroatoms. The van der Waals surface area contributed by atoms with Crippen molar-refractivity contribution in [3.05, 3.63) is 12.7 Å². The molecule has 214 valence electrons. The molecule has 6 unspecified atom stereocenters. The third kappa shape index (κ3) is 5.91. The van der Waals surface area contributed by atoms with Crippen LogP contribution in [0, 0.1) is 0 Å². The van der Waals surface area contributed by atoms with Crippen LogP contribution in [0.3, 0.4) is 0 Å². The smallest absolute Gasteiger partial charge is 0.342 e. The molecule has 10 N–H and O–H groups in total. The maximum Gasteiger partial charge on any atom is 0.342 e. The van der Waals surface area contributed by atoms with Crippen molar-refractivity contribution in [3.8, 4) is 0 Å². The molecule has 2 aliphatic heterocycles. The predicted octanol–water partition coefficient (Wildman–Crippen LogP) is -3.81. The van der Waals surface area contributed by atoms with E-state index in [9.17, 15) is 49.6 Å².